The molecule has 2 aromatic heterocycles. The average Bonchev–Trinajstić information content (AvgIpc) is 3.75. The molecule has 0 saturated carbocycles. The molecule has 234 valence electrons. The second kappa shape index (κ2) is 13.2. The molecule has 0 aliphatic carbocycles. The highest BCUT2D eigenvalue weighted by Crippen LogP contribution is 2.37. The van der Waals surface area contributed by atoms with Crippen LogP contribution in [0.25, 0.3) is 22.5 Å². The number of hydrogen-bond donors (Lipinski definition) is 0. The molecule has 0 amide bonds. The van der Waals surface area contributed by atoms with Crippen molar-refractivity contribution in [3.8, 4) is 11.5 Å². The number of para-hydroxylation sites is 1. The van der Waals surface area contributed by atoms with Gasteiger partial charge in [-0.3, -0.25) is 9.36 Å². The van der Waals surface area contributed by atoms with E-state index in [-0.39, 0.29) is 12.2 Å². The van der Waals surface area contributed by atoms with E-state index in [1.807, 2.05) is 96.4 Å². The van der Waals surface area contributed by atoms with Gasteiger partial charge in [0.05, 0.1) is 29.5 Å². The van der Waals surface area contributed by atoms with E-state index in [1.54, 1.807) is 18.6 Å². The molecule has 0 unspecified atom stereocenters. The highest BCUT2D eigenvalue weighted by atomic mass is 32.1. The van der Waals surface area contributed by atoms with E-state index in [2.05, 4.69) is 18.2 Å². The second-order valence-electron chi connectivity index (χ2n) is 10.8. The number of methoxy groups -OCH3 is 1. The Morgan fingerprint density at radius 2 is 1.72 bits per heavy atom. The number of hydrogen-bond acceptors (Lipinski definition) is 8. The summed E-state index contributed by atoms with van der Waals surface area (Å²) in [5, 5.41) is 4.18. The quantitative estimate of drug-likeness (QED) is 0.161. The number of aromatic nitrogens is 1. The van der Waals surface area contributed by atoms with Crippen molar-refractivity contribution in [2.24, 2.45) is 4.99 Å². The van der Waals surface area contributed by atoms with E-state index in [9.17, 15) is 9.59 Å². The third-order valence-electron chi connectivity index (χ3n) is 7.95. The van der Waals surface area contributed by atoms with Crippen LogP contribution >= 0.6 is 22.7 Å². The van der Waals surface area contributed by atoms with Crippen LogP contribution in [0.2, 0.25) is 0 Å². The van der Waals surface area contributed by atoms with Crippen molar-refractivity contribution in [1.29, 1.82) is 0 Å². The third kappa shape index (κ3) is 5.80. The van der Waals surface area contributed by atoms with E-state index in [1.165, 1.54) is 22.7 Å². The van der Waals surface area contributed by atoms with Gasteiger partial charge < -0.3 is 14.2 Å². The second-order valence-corrected chi connectivity index (χ2v) is 12.7. The number of nitrogens with zero attached hydrogens (tertiary/aromatic N) is 2. The predicted octanol–water partition coefficient (Wildman–Crippen LogP) is 6.74. The van der Waals surface area contributed by atoms with Gasteiger partial charge in [-0.2, -0.15) is 0 Å². The molecule has 7 rings (SSSR count). The minimum absolute atomic E-state index is 0.198. The monoisotopic (exact) mass is 658 g/mol. The Labute approximate surface area is 279 Å². The summed E-state index contributed by atoms with van der Waals surface area (Å²) >= 11 is 2.75. The lowest BCUT2D eigenvalue weighted by Gasteiger charge is -2.24. The van der Waals surface area contributed by atoms with E-state index in [4.69, 9.17) is 19.2 Å². The molecule has 0 N–H and O–H groups in total. The van der Waals surface area contributed by atoms with Gasteiger partial charge in [0.15, 0.2) is 16.3 Å². The number of carbonyl (C=O) groups is 1. The minimum Gasteiger partial charge on any atom is -0.493 e. The van der Waals surface area contributed by atoms with Crippen LogP contribution in [0, 0.1) is 0 Å². The first kappa shape index (κ1) is 30.4. The van der Waals surface area contributed by atoms with E-state index in [0.717, 1.165) is 26.8 Å². The topological polar surface area (TPSA) is 79.1 Å². The molecule has 6 aromatic rings. The largest absolute Gasteiger partial charge is 0.493 e. The Bertz CT molecular complexity index is 2300. The van der Waals surface area contributed by atoms with Gasteiger partial charge in [0.2, 0.25) is 0 Å². The summed E-state index contributed by atoms with van der Waals surface area (Å²) in [7, 11) is 1.60. The molecule has 0 spiro atoms. The van der Waals surface area contributed by atoms with Crippen molar-refractivity contribution in [3.63, 3.8) is 0 Å². The van der Waals surface area contributed by atoms with Gasteiger partial charge in [0.1, 0.15) is 12.6 Å². The number of thiazole rings is 1. The summed E-state index contributed by atoms with van der Waals surface area (Å²) in [5.41, 5.74) is 3.07. The maximum Gasteiger partial charge on any atom is 0.338 e. The first-order valence-corrected chi connectivity index (χ1v) is 16.8. The number of fused-ring (bicyclic) bond motifs is 2. The summed E-state index contributed by atoms with van der Waals surface area (Å²) in [5.74, 6) is 0.583. The molecular formula is C38H30N2O5S2. The van der Waals surface area contributed by atoms with Crippen LogP contribution in [-0.2, 0) is 16.1 Å². The molecule has 0 radical (unpaired) electrons. The van der Waals surface area contributed by atoms with Gasteiger partial charge in [-0.1, -0.05) is 102 Å². The highest BCUT2D eigenvalue weighted by molar-refractivity contribution is 7.10. The van der Waals surface area contributed by atoms with Crippen LogP contribution in [0.5, 0.6) is 11.5 Å². The van der Waals surface area contributed by atoms with Crippen molar-refractivity contribution in [2.75, 3.05) is 13.7 Å². The summed E-state index contributed by atoms with van der Waals surface area (Å²) in [6, 6.07) is 32.6. The number of benzene rings is 4. The Hall–Kier alpha value is -5.25. The van der Waals surface area contributed by atoms with Gasteiger partial charge in [-0.25, -0.2) is 9.79 Å². The molecule has 1 atom stereocenters. The Balaban J connectivity index is 1.38. The fraction of sp³-hybridized carbons (Fsp3) is 0.132. The average molecular weight is 659 g/mol. The number of thiophene rings is 1. The lowest BCUT2D eigenvalue weighted by molar-refractivity contribution is -0.138. The zero-order valence-electron chi connectivity index (χ0n) is 25.7. The van der Waals surface area contributed by atoms with Crippen LogP contribution in [-0.4, -0.2) is 24.3 Å². The Morgan fingerprint density at radius 3 is 2.51 bits per heavy atom. The summed E-state index contributed by atoms with van der Waals surface area (Å²) in [6.07, 6.45) is 1.81. The van der Waals surface area contributed by atoms with Crippen molar-refractivity contribution in [2.45, 2.75) is 19.6 Å². The maximum atomic E-state index is 14.3. The van der Waals surface area contributed by atoms with Gasteiger partial charge in [0.25, 0.3) is 5.56 Å². The molecule has 9 heteroatoms. The molecule has 47 heavy (non-hydrogen) atoms. The van der Waals surface area contributed by atoms with Gasteiger partial charge in [0, 0.05) is 16.0 Å². The summed E-state index contributed by atoms with van der Waals surface area (Å²) < 4.78 is 19.8. The fourth-order valence-electron chi connectivity index (χ4n) is 5.83. The van der Waals surface area contributed by atoms with Crippen LogP contribution in [0.1, 0.15) is 34.5 Å². The molecular weight excluding hydrogens is 629 g/mol. The van der Waals surface area contributed by atoms with Gasteiger partial charge >= 0.3 is 5.97 Å². The normalized spacial score (nSPS) is 14.5. The van der Waals surface area contributed by atoms with Crippen LogP contribution in [0.15, 0.2) is 124 Å². The van der Waals surface area contributed by atoms with Crippen LogP contribution in [0.3, 0.4) is 0 Å². The number of carbonyl (C=O) groups excluding carboxylic acids is 1. The van der Waals surface area contributed by atoms with Crippen molar-refractivity contribution < 1.29 is 19.0 Å². The Kier molecular flexibility index (Phi) is 8.56. The smallest absolute Gasteiger partial charge is 0.338 e. The van der Waals surface area contributed by atoms with Crippen LogP contribution < -0.4 is 24.4 Å². The first-order valence-electron chi connectivity index (χ1n) is 15.2. The Morgan fingerprint density at radius 1 is 0.936 bits per heavy atom. The number of ether oxygens (including phenoxy) is 3. The van der Waals surface area contributed by atoms with Gasteiger partial charge in [-0.05, 0) is 46.8 Å². The zero-order valence-corrected chi connectivity index (χ0v) is 27.3. The van der Waals surface area contributed by atoms with E-state index < -0.39 is 12.0 Å². The molecule has 0 bridgehead atoms. The molecule has 3 heterocycles. The number of esters is 1. The highest BCUT2D eigenvalue weighted by Gasteiger charge is 2.35. The molecule has 0 saturated heterocycles. The number of rotatable bonds is 9. The minimum atomic E-state index is -0.699. The van der Waals surface area contributed by atoms with Crippen LogP contribution in [0.4, 0.5) is 0 Å². The van der Waals surface area contributed by atoms with Gasteiger partial charge in [-0.15, -0.1) is 11.3 Å². The SMILES string of the molecule is CCOC(=O)C1=C(c2ccccc2)N=c2s/c(=C\c3cccc(OC)c3OCc3cccc4ccccc34)c(=O)n2[C@@H]1c1cccs1. The molecule has 0 fully saturated rings. The first-order chi connectivity index (χ1) is 23.1. The van der Waals surface area contributed by atoms with Crippen molar-refractivity contribution in [1.82, 2.24) is 4.57 Å². The van der Waals surface area contributed by atoms with E-state index in [0.29, 0.717) is 44.3 Å². The van der Waals surface area contributed by atoms with Crippen molar-refractivity contribution in [3.05, 3.63) is 155 Å². The predicted molar refractivity (Wildman–Crippen MR) is 187 cm³/mol. The van der Waals surface area contributed by atoms with Crippen molar-refractivity contribution >= 4 is 51.2 Å². The lowest BCUT2D eigenvalue weighted by atomic mass is 9.97. The lowest BCUT2D eigenvalue weighted by Crippen LogP contribution is -2.39. The summed E-state index contributed by atoms with van der Waals surface area (Å²) in [6.45, 7) is 2.28. The molecule has 1 aliphatic rings. The molecule has 1 aliphatic heterocycles. The zero-order chi connectivity index (χ0) is 32.3. The fourth-order valence-corrected chi connectivity index (χ4v) is 7.64. The third-order valence-corrected chi connectivity index (χ3v) is 9.86. The molecule has 4 aromatic carbocycles. The standard InChI is InChI=1S/C38H30N2O5S2/c1-3-44-37(42)32-33(25-13-5-4-6-14-25)39-38-40(34(32)30-20-11-21-46-30)36(41)31(47-38)22-26-16-10-19-29(43-2)35(26)45-23-27-17-9-15-24-12-7-8-18-28(24)27/h4-22,34H,3,23H2,1-2H3/b31-22-/t34-/m1/s1. The van der Waals surface area contributed by atoms with E-state index >= 15 is 0 Å². The maximum absolute atomic E-state index is 14.3. The summed E-state index contributed by atoms with van der Waals surface area (Å²) in [4.78, 5) is 34.2. The molecule has 7 nitrogen and oxygen atoms in total.